The van der Waals surface area contributed by atoms with Gasteiger partial charge in [0.2, 0.25) is 5.95 Å². The molecule has 2 aliphatic heterocycles. The van der Waals surface area contributed by atoms with Crippen molar-refractivity contribution >= 4 is 23.4 Å². The summed E-state index contributed by atoms with van der Waals surface area (Å²) in [5.41, 5.74) is 1.21. The number of aromatic nitrogens is 3. The van der Waals surface area contributed by atoms with E-state index in [1.54, 1.807) is 23.1 Å². The van der Waals surface area contributed by atoms with E-state index in [4.69, 9.17) is 9.47 Å². The van der Waals surface area contributed by atoms with Gasteiger partial charge in [-0.2, -0.15) is 0 Å². The molecule has 0 aliphatic carbocycles. The standard InChI is InChI=1S/C27H30F2N6O3/c1-15(2)35-7-8-37-25-20(28)9-19(10-22(25)35)24-21(29)12-31-27(33-24)32-23-6-5-18(11-30-23)26(36)34-13-16(3)38-17(4)14-34/h5-6,9-12,15-17H,7-8,13-14H2,1-4H3,(H,30,31,32,33). The van der Waals surface area contributed by atoms with E-state index in [-0.39, 0.29) is 47.1 Å². The average Bonchev–Trinajstić information content (AvgIpc) is 2.89. The molecule has 3 aromatic rings. The third-order valence-electron chi connectivity index (χ3n) is 6.51. The third kappa shape index (κ3) is 5.24. The number of benzene rings is 1. The lowest BCUT2D eigenvalue weighted by molar-refractivity contribution is -0.0586. The number of rotatable bonds is 5. The van der Waals surface area contributed by atoms with Crippen LogP contribution in [0.1, 0.15) is 38.1 Å². The van der Waals surface area contributed by atoms with Crippen molar-refractivity contribution in [1.82, 2.24) is 19.9 Å². The molecule has 1 aromatic carbocycles. The molecule has 2 unspecified atom stereocenters. The number of pyridine rings is 1. The molecule has 1 amide bonds. The number of anilines is 3. The van der Waals surface area contributed by atoms with Crippen LogP contribution in [0.2, 0.25) is 0 Å². The zero-order valence-corrected chi connectivity index (χ0v) is 21.7. The van der Waals surface area contributed by atoms with Crippen LogP contribution in [0.15, 0.2) is 36.7 Å². The number of hydrogen-bond acceptors (Lipinski definition) is 8. The molecule has 4 heterocycles. The molecule has 200 valence electrons. The summed E-state index contributed by atoms with van der Waals surface area (Å²) in [5, 5.41) is 2.93. The normalized spacial score (nSPS) is 19.2. The molecule has 11 heteroatoms. The SMILES string of the molecule is CC1CN(C(=O)c2ccc(Nc3ncc(F)c(-c4cc(F)c5c(c4)N(C(C)C)CCO5)n3)nc2)CC(C)O1. The molecule has 0 saturated carbocycles. The Morgan fingerprint density at radius 1 is 1.08 bits per heavy atom. The Kier molecular flexibility index (Phi) is 7.11. The van der Waals surface area contributed by atoms with Crippen LogP contribution in [0, 0.1) is 11.6 Å². The minimum Gasteiger partial charge on any atom is -0.486 e. The Morgan fingerprint density at radius 3 is 2.53 bits per heavy atom. The van der Waals surface area contributed by atoms with Gasteiger partial charge in [-0.1, -0.05) is 0 Å². The second kappa shape index (κ2) is 10.5. The van der Waals surface area contributed by atoms with E-state index in [0.29, 0.717) is 43.3 Å². The van der Waals surface area contributed by atoms with Gasteiger partial charge in [-0.25, -0.2) is 23.7 Å². The second-order valence-corrected chi connectivity index (χ2v) is 9.86. The number of ether oxygens (including phenoxy) is 2. The van der Waals surface area contributed by atoms with Crippen LogP contribution in [-0.4, -0.2) is 70.2 Å². The molecule has 1 N–H and O–H groups in total. The number of carbonyl (C=O) groups is 1. The fourth-order valence-corrected chi connectivity index (χ4v) is 4.84. The first-order chi connectivity index (χ1) is 18.2. The summed E-state index contributed by atoms with van der Waals surface area (Å²) in [6.07, 6.45) is 2.42. The monoisotopic (exact) mass is 524 g/mol. The van der Waals surface area contributed by atoms with Gasteiger partial charge in [0, 0.05) is 30.9 Å². The van der Waals surface area contributed by atoms with Gasteiger partial charge in [-0.3, -0.25) is 4.79 Å². The van der Waals surface area contributed by atoms with E-state index >= 15 is 0 Å². The number of carbonyl (C=O) groups excluding carboxylic acids is 1. The molecule has 1 saturated heterocycles. The third-order valence-corrected chi connectivity index (χ3v) is 6.51. The molecule has 0 bridgehead atoms. The smallest absolute Gasteiger partial charge is 0.255 e. The van der Waals surface area contributed by atoms with Crippen molar-refractivity contribution in [1.29, 1.82) is 0 Å². The first-order valence-electron chi connectivity index (χ1n) is 12.6. The van der Waals surface area contributed by atoms with Gasteiger partial charge in [0.05, 0.1) is 36.2 Å². The molecule has 2 aromatic heterocycles. The molecule has 38 heavy (non-hydrogen) atoms. The maximum absolute atomic E-state index is 14.9. The fraction of sp³-hybridized carbons (Fsp3) is 0.407. The number of nitrogens with one attached hydrogen (secondary N) is 1. The van der Waals surface area contributed by atoms with E-state index in [9.17, 15) is 13.6 Å². The van der Waals surface area contributed by atoms with Crippen LogP contribution in [0.5, 0.6) is 5.75 Å². The number of amides is 1. The molecule has 2 aliphatic rings. The van der Waals surface area contributed by atoms with Crippen LogP contribution in [0.4, 0.5) is 26.2 Å². The van der Waals surface area contributed by atoms with Crippen molar-refractivity contribution in [3.63, 3.8) is 0 Å². The van der Waals surface area contributed by atoms with E-state index in [0.717, 1.165) is 6.20 Å². The van der Waals surface area contributed by atoms with Crippen LogP contribution in [0.25, 0.3) is 11.3 Å². The lowest BCUT2D eigenvalue weighted by Gasteiger charge is -2.35. The number of fused-ring (bicyclic) bond motifs is 1. The van der Waals surface area contributed by atoms with Crippen LogP contribution >= 0.6 is 0 Å². The predicted molar refractivity (Wildman–Crippen MR) is 139 cm³/mol. The largest absolute Gasteiger partial charge is 0.486 e. The summed E-state index contributed by atoms with van der Waals surface area (Å²) in [7, 11) is 0. The van der Waals surface area contributed by atoms with Crippen molar-refractivity contribution in [3.8, 4) is 17.0 Å². The van der Waals surface area contributed by atoms with Gasteiger partial charge in [-0.05, 0) is 52.0 Å². The van der Waals surface area contributed by atoms with Gasteiger partial charge < -0.3 is 24.6 Å². The van der Waals surface area contributed by atoms with E-state index < -0.39 is 11.6 Å². The van der Waals surface area contributed by atoms with Crippen molar-refractivity contribution in [2.75, 3.05) is 36.5 Å². The molecular formula is C27H30F2N6O3. The Hall–Kier alpha value is -3.86. The molecule has 0 radical (unpaired) electrons. The fourth-order valence-electron chi connectivity index (χ4n) is 4.84. The van der Waals surface area contributed by atoms with Gasteiger partial charge in [-0.15, -0.1) is 0 Å². The lowest BCUT2D eigenvalue weighted by atomic mass is 10.1. The molecule has 2 atom stereocenters. The molecule has 1 fully saturated rings. The highest BCUT2D eigenvalue weighted by molar-refractivity contribution is 5.94. The van der Waals surface area contributed by atoms with Gasteiger partial charge in [0.25, 0.3) is 5.91 Å². The molecule has 9 nitrogen and oxygen atoms in total. The number of morpholine rings is 1. The first kappa shape index (κ1) is 25.8. The highest BCUT2D eigenvalue weighted by Gasteiger charge is 2.27. The van der Waals surface area contributed by atoms with Crippen molar-refractivity contribution in [2.45, 2.75) is 45.9 Å². The highest BCUT2D eigenvalue weighted by Crippen LogP contribution is 2.39. The minimum atomic E-state index is -0.689. The van der Waals surface area contributed by atoms with E-state index in [2.05, 4.69) is 20.3 Å². The average molecular weight is 525 g/mol. The van der Waals surface area contributed by atoms with E-state index in [1.807, 2.05) is 32.6 Å². The van der Waals surface area contributed by atoms with Crippen molar-refractivity contribution in [2.24, 2.45) is 0 Å². The topological polar surface area (TPSA) is 92.7 Å². The van der Waals surface area contributed by atoms with Gasteiger partial charge in [0.1, 0.15) is 18.1 Å². The number of nitrogens with zero attached hydrogens (tertiary/aromatic N) is 5. The maximum Gasteiger partial charge on any atom is 0.255 e. The first-order valence-corrected chi connectivity index (χ1v) is 12.6. The Labute approximate surface area is 219 Å². The Bertz CT molecular complexity index is 1330. The van der Waals surface area contributed by atoms with Crippen molar-refractivity contribution in [3.05, 3.63) is 53.9 Å². The summed E-state index contributed by atoms with van der Waals surface area (Å²) >= 11 is 0. The highest BCUT2D eigenvalue weighted by atomic mass is 19.1. The van der Waals surface area contributed by atoms with Crippen LogP contribution in [0.3, 0.4) is 0 Å². The molecule has 0 spiro atoms. The van der Waals surface area contributed by atoms with Crippen molar-refractivity contribution < 1.29 is 23.0 Å². The van der Waals surface area contributed by atoms with Crippen LogP contribution < -0.4 is 15.0 Å². The minimum absolute atomic E-state index is 0.0361. The summed E-state index contributed by atoms with van der Waals surface area (Å²) in [6, 6.07) is 6.29. The quantitative estimate of drug-likeness (QED) is 0.525. The van der Waals surface area contributed by atoms with E-state index in [1.165, 1.54) is 12.3 Å². The summed E-state index contributed by atoms with van der Waals surface area (Å²) < 4.78 is 41.0. The Morgan fingerprint density at radius 2 is 1.84 bits per heavy atom. The summed E-state index contributed by atoms with van der Waals surface area (Å²) in [4.78, 5) is 29.3. The second-order valence-electron chi connectivity index (χ2n) is 9.86. The summed E-state index contributed by atoms with van der Waals surface area (Å²) in [6.45, 7) is 9.87. The number of hydrogen-bond donors (Lipinski definition) is 1. The Balaban J connectivity index is 1.37. The van der Waals surface area contributed by atoms with Gasteiger partial charge >= 0.3 is 0 Å². The van der Waals surface area contributed by atoms with Crippen LogP contribution in [-0.2, 0) is 4.74 Å². The zero-order valence-electron chi connectivity index (χ0n) is 21.7. The molecular weight excluding hydrogens is 494 g/mol. The lowest BCUT2D eigenvalue weighted by Crippen LogP contribution is -2.48. The number of halogens is 2. The van der Waals surface area contributed by atoms with Gasteiger partial charge in [0.15, 0.2) is 17.4 Å². The molecule has 5 rings (SSSR count). The maximum atomic E-state index is 14.9. The predicted octanol–water partition coefficient (Wildman–Crippen LogP) is 4.42. The zero-order chi connectivity index (χ0) is 27.0. The summed E-state index contributed by atoms with van der Waals surface area (Å²) in [5.74, 6) is -0.786.